The minimum absolute atomic E-state index is 0.0425. The van der Waals surface area contributed by atoms with Gasteiger partial charge in [-0.15, -0.1) is 5.10 Å². The molecule has 6 rings (SSSR count). The van der Waals surface area contributed by atoms with E-state index in [1.54, 1.807) is 4.68 Å². The Morgan fingerprint density at radius 2 is 1.46 bits per heavy atom. The Morgan fingerprint density at radius 1 is 0.923 bits per heavy atom. The number of benzene rings is 3. The highest BCUT2D eigenvalue weighted by Gasteiger charge is 2.51. The largest absolute Gasteiger partial charge is 0.363 e. The molecule has 1 amide bonds. The molecule has 3 aromatic carbocycles. The quantitative estimate of drug-likeness (QED) is 0.272. The van der Waals surface area contributed by atoms with Crippen LogP contribution in [0.15, 0.2) is 109 Å². The smallest absolute Gasteiger partial charge is 0.288 e. The van der Waals surface area contributed by atoms with Crippen molar-refractivity contribution in [3.63, 3.8) is 0 Å². The number of amides is 1. The zero-order chi connectivity index (χ0) is 27.0. The molecule has 2 aliphatic rings. The van der Waals surface area contributed by atoms with Crippen LogP contribution in [0.1, 0.15) is 47.2 Å². The van der Waals surface area contributed by atoms with E-state index in [0.717, 1.165) is 22.3 Å². The van der Waals surface area contributed by atoms with Crippen molar-refractivity contribution < 1.29 is 19.0 Å². The first-order valence-corrected chi connectivity index (χ1v) is 13.0. The van der Waals surface area contributed by atoms with Gasteiger partial charge in [0, 0.05) is 0 Å². The van der Waals surface area contributed by atoms with Gasteiger partial charge in [-0.1, -0.05) is 97.1 Å². The summed E-state index contributed by atoms with van der Waals surface area (Å²) in [5.74, 6) is -1.52. The van der Waals surface area contributed by atoms with Gasteiger partial charge < -0.3 is 19.9 Å². The maximum Gasteiger partial charge on any atom is 0.288 e. The lowest BCUT2D eigenvalue weighted by Crippen LogP contribution is -2.35. The van der Waals surface area contributed by atoms with Crippen molar-refractivity contribution in [2.75, 3.05) is 6.61 Å². The van der Waals surface area contributed by atoms with E-state index in [0.29, 0.717) is 0 Å². The van der Waals surface area contributed by atoms with E-state index in [1.807, 2.05) is 74.5 Å². The number of nitrogens with two attached hydrogens (primary N) is 1. The van der Waals surface area contributed by atoms with Gasteiger partial charge in [0.2, 0.25) is 5.82 Å². The predicted octanol–water partition coefficient (Wildman–Crippen LogP) is 4.39. The molecule has 39 heavy (non-hydrogen) atoms. The molecule has 8 heteroatoms. The fraction of sp³-hybridized carbons (Fsp3) is 0.258. The number of carbonyl (C=O) groups excluding carboxylic acids is 1. The third-order valence-corrected chi connectivity index (χ3v) is 7.25. The van der Waals surface area contributed by atoms with Crippen LogP contribution in [0.2, 0.25) is 0 Å². The Labute approximate surface area is 227 Å². The number of hydrogen-bond donors (Lipinski definition) is 1. The maximum atomic E-state index is 11.6. The Balaban J connectivity index is 1.42. The molecule has 0 bridgehead atoms. The fourth-order valence-electron chi connectivity index (χ4n) is 5.58. The number of carbonyl (C=O) groups is 1. The molecule has 2 heterocycles. The van der Waals surface area contributed by atoms with Crippen molar-refractivity contribution in [1.82, 2.24) is 14.8 Å². The van der Waals surface area contributed by atoms with E-state index in [4.69, 9.17) is 19.9 Å². The van der Waals surface area contributed by atoms with Crippen molar-refractivity contribution in [2.24, 2.45) is 5.73 Å². The highest BCUT2D eigenvalue weighted by Crippen LogP contribution is 2.45. The molecule has 1 fully saturated rings. The average Bonchev–Trinajstić information content (AvgIpc) is 3.65. The Morgan fingerprint density at radius 3 is 1.95 bits per heavy atom. The molecule has 1 aliphatic heterocycles. The Bertz CT molecular complexity index is 1390. The number of fused-ring (bicyclic) bond motifs is 1. The summed E-state index contributed by atoms with van der Waals surface area (Å²) >= 11 is 0. The van der Waals surface area contributed by atoms with Crippen LogP contribution in [-0.4, -0.2) is 45.3 Å². The van der Waals surface area contributed by atoms with Crippen molar-refractivity contribution in [1.29, 1.82) is 0 Å². The number of rotatable bonds is 8. The van der Waals surface area contributed by atoms with Gasteiger partial charge >= 0.3 is 0 Å². The molecule has 0 spiro atoms. The van der Waals surface area contributed by atoms with Gasteiger partial charge in [0.05, 0.1) is 6.61 Å². The van der Waals surface area contributed by atoms with Crippen molar-refractivity contribution in [3.05, 3.63) is 131 Å². The minimum atomic E-state index is -0.875. The number of hydrogen-bond acceptors (Lipinski definition) is 6. The van der Waals surface area contributed by atoms with Gasteiger partial charge in [0.1, 0.15) is 30.2 Å². The predicted molar refractivity (Wildman–Crippen MR) is 145 cm³/mol. The second kappa shape index (κ2) is 9.89. The van der Waals surface area contributed by atoms with Crippen molar-refractivity contribution in [2.45, 2.75) is 43.5 Å². The highest BCUT2D eigenvalue weighted by molar-refractivity contribution is 5.88. The monoisotopic (exact) mass is 522 g/mol. The van der Waals surface area contributed by atoms with Crippen molar-refractivity contribution in [3.8, 4) is 0 Å². The molecule has 1 saturated heterocycles. The second-order valence-corrected chi connectivity index (χ2v) is 10.2. The first-order valence-electron chi connectivity index (χ1n) is 13.0. The molecule has 0 saturated carbocycles. The van der Waals surface area contributed by atoms with Gasteiger partial charge in [-0.2, -0.15) is 0 Å². The molecule has 8 nitrogen and oxygen atoms in total. The van der Waals surface area contributed by atoms with Gasteiger partial charge in [0.15, 0.2) is 5.79 Å². The van der Waals surface area contributed by atoms with E-state index in [2.05, 4.69) is 46.5 Å². The summed E-state index contributed by atoms with van der Waals surface area (Å²) in [6, 6.07) is 30.4. The van der Waals surface area contributed by atoms with E-state index in [-0.39, 0.29) is 30.7 Å². The molecule has 1 aliphatic carbocycles. The lowest BCUT2D eigenvalue weighted by Gasteiger charge is -2.36. The van der Waals surface area contributed by atoms with Crippen LogP contribution in [0, 0.1) is 0 Å². The third kappa shape index (κ3) is 4.57. The number of ether oxygens (including phenoxy) is 3. The number of nitrogens with zero attached hydrogens (tertiary/aromatic N) is 3. The average molecular weight is 523 g/mol. The molecular formula is C31H30N4O4. The van der Waals surface area contributed by atoms with Gasteiger partial charge in [0.25, 0.3) is 5.91 Å². The molecular weight excluding hydrogens is 492 g/mol. The van der Waals surface area contributed by atoms with E-state index >= 15 is 0 Å². The maximum absolute atomic E-state index is 11.6. The van der Waals surface area contributed by atoms with Crippen LogP contribution >= 0.6 is 0 Å². The molecule has 4 aromatic rings. The highest BCUT2D eigenvalue weighted by atomic mass is 16.8. The summed E-state index contributed by atoms with van der Waals surface area (Å²) < 4.78 is 21.3. The second-order valence-electron chi connectivity index (χ2n) is 10.2. The molecule has 198 valence electrons. The van der Waals surface area contributed by atoms with E-state index in [1.165, 1.54) is 6.33 Å². The molecule has 2 N–H and O–H groups in total. The zero-order valence-electron chi connectivity index (χ0n) is 21.8. The standard InChI is InChI=1S/C31H30N4O4/c1-30(2)38-26-21(18-25(27(26)39-30)35-20-33-29(34-35)28(32)36)19-37-31(22-12-6-3-7-13-22,23-14-8-4-9-15-23)24-16-10-5-11-17-24/h3-18,20,25-27H,19H2,1-2H3,(H2,32,36). The lowest BCUT2D eigenvalue weighted by atomic mass is 9.80. The van der Waals surface area contributed by atoms with E-state index in [9.17, 15) is 4.79 Å². The first-order chi connectivity index (χ1) is 18.9. The van der Waals surface area contributed by atoms with Crippen LogP contribution in [0.4, 0.5) is 0 Å². The Hall–Kier alpha value is -4.11. The Kier molecular flexibility index (Phi) is 6.38. The molecule has 3 atom stereocenters. The first kappa shape index (κ1) is 25.2. The summed E-state index contributed by atoms with van der Waals surface area (Å²) in [5.41, 5.74) is 8.49. The minimum Gasteiger partial charge on any atom is -0.363 e. The number of primary amides is 1. The summed E-state index contributed by atoms with van der Waals surface area (Å²) in [6.45, 7) is 4.05. The zero-order valence-corrected chi connectivity index (χ0v) is 21.8. The fourth-order valence-corrected chi connectivity index (χ4v) is 5.58. The van der Waals surface area contributed by atoms with Gasteiger partial charge in [-0.05, 0) is 36.1 Å². The topological polar surface area (TPSA) is 101 Å². The van der Waals surface area contributed by atoms with Crippen LogP contribution in [-0.2, 0) is 19.8 Å². The molecule has 3 unspecified atom stereocenters. The van der Waals surface area contributed by atoms with E-state index < -0.39 is 17.3 Å². The summed E-state index contributed by atoms with van der Waals surface area (Å²) in [7, 11) is 0. The third-order valence-electron chi connectivity index (χ3n) is 7.25. The lowest BCUT2D eigenvalue weighted by molar-refractivity contribution is -0.149. The molecule has 1 aromatic heterocycles. The van der Waals surface area contributed by atoms with Crippen LogP contribution in [0.5, 0.6) is 0 Å². The van der Waals surface area contributed by atoms with Crippen LogP contribution in [0.25, 0.3) is 0 Å². The number of aromatic nitrogens is 3. The van der Waals surface area contributed by atoms with Crippen LogP contribution in [0.3, 0.4) is 0 Å². The summed E-state index contributed by atoms with van der Waals surface area (Å²) in [6.07, 6.45) is 2.82. The SMILES string of the molecule is CC1(C)OC2C(COC(c3ccccc3)(c3ccccc3)c3ccccc3)=CC(n3cnc(C(N)=O)n3)C2O1. The van der Waals surface area contributed by atoms with Crippen LogP contribution < -0.4 is 5.73 Å². The van der Waals surface area contributed by atoms with Gasteiger partial charge in [-0.3, -0.25) is 4.79 Å². The molecule has 0 radical (unpaired) electrons. The van der Waals surface area contributed by atoms with Gasteiger partial charge in [-0.25, -0.2) is 9.67 Å². The normalized spacial score (nSPS) is 21.9. The summed E-state index contributed by atoms with van der Waals surface area (Å²) in [5, 5.41) is 4.30. The summed E-state index contributed by atoms with van der Waals surface area (Å²) in [4.78, 5) is 15.7. The van der Waals surface area contributed by atoms with Crippen molar-refractivity contribution >= 4 is 5.91 Å².